The molecule has 3 aromatic carbocycles. The van der Waals surface area contributed by atoms with Crippen molar-refractivity contribution >= 4 is 34.3 Å². The molecule has 0 aliphatic heterocycles. The van der Waals surface area contributed by atoms with E-state index in [0.29, 0.717) is 32.4 Å². The van der Waals surface area contributed by atoms with Crippen molar-refractivity contribution < 1.29 is 37.8 Å². The van der Waals surface area contributed by atoms with Gasteiger partial charge < -0.3 is 31.9 Å². The topological polar surface area (TPSA) is 159 Å². The maximum absolute atomic E-state index is 13.2. The Labute approximate surface area is 235 Å². The third-order valence-corrected chi connectivity index (χ3v) is 6.21. The van der Waals surface area contributed by atoms with E-state index in [1.807, 2.05) is 72.8 Å². The van der Waals surface area contributed by atoms with E-state index in [1.54, 1.807) is 0 Å². The fraction of sp³-hybridized carbons (Fsp3) is 0.345. The Morgan fingerprint density at radius 1 is 0.902 bits per heavy atom. The van der Waals surface area contributed by atoms with Crippen LogP contribution < -0.4 is 16.8 Å². The Morgan fingerprint density at radius 2 is 1.51 bits per heavy atom. The number of nitrogens with zero attached hydrogens (tertiary/aromatic N) is 1. The number of aliphatic carboxylic acids is 2. The summed E-state index contributed by atoms with van der Waals surface area (Å²) in [6.45, 7) is 0.808. The minimum atomic E-state index is -5.08. The highest BCUT2D eigenvalue weighted by Crippen LogP contribution is 2.23. The zero-order chi connectivity index (χ0) is 30.4. The minimum Gasteiger partial charge on any atom is -0.480 e. The predicted molar refractivity (Wildman–Crippen MR) is 150 cm³/mol. The fourth-order valence-corrected chi connectivity index (χ4v) is 4.11. The summed E-state index contributed by atoms with van der Waals surface area (Å²) in [5.41, 5.74) is 13.7. The van der Waals surface area contributed by atoms with Gasteiger partial charge in [-0.05, 0) is 49.2 Å². The molecule has 2 atom stereocenters. The highest BCUT2D eigenvalue weighted by Gasteiger charge is 2.38. The summed E-state index contributed by atoms with van der Waals surface area (Å²) in [7, 11) is 0. The number of carboxylic acid groups (broad SMARTS) is 2. The monoisotopic (exact) mass is 576 g/mol. The summed E-state index contributed by atoms with van der Waals surface area (Å²) in [5, 5.41) is 22.5. The van der Waals surface area contributed by atoms with Crippen LogP contribution in [0.5, 0.6) is 0 Å². The van der Waals surface area contributed by atoms with Crippen molar-refractivity contribution in [2.75, 3.05) is 25.0 Å². The molecule has 0 heterocycles. The maximum Gasteiger partial charge on any atom is 0.490 e. The average Bonchev–Trinajstić information content (AvgIpc) is 2.95. The van der Waals surface area contributed by atoms with E-state index in [-0.39, 0.29) is 12.5 Å². The molecule has 0 aliphatic carbocycles. The van der Waals surface area contributed by atoms with E-state index in [0.717, 1.165) is 28.4 Å². The first-order valence-electron chi connectivity index (χ1n) is 13.0. The van der Waals surface area contributed by atoms with Gasteiger partial charge in [0.2, 0.25) is 5.91 Å². The van der Waals surface area contributed by atoms with Crippen LogP contribution >= 0.6 is 0 Å². The molecule has 12 heteroatoms. The van der Waals surface area contributed by atoms with Crippen LogP contribution in [0.25, 0.3) is 10.8 Å². The van der Waals surface area contributed by atoms with Gasteiger partial charge in [0, 0.05) is 24.2 Å². The van der Waals surface area contributed by atoms with Crippen molar-refractivity contribution in [3.05, 3.63) is 78.4 Å². The van der Waals surface area contributed by atoms with Crippen molar-refractivity contribution in [2.45, 2.75) is 43.9 Å². The predicted octanol–water partition coefficient (Wildman–Crippen LogP) is 3.87. The normalized spacial score (nSPS) is 12.5. The molecular formula is C29H35F3N4O5. The molecule has 222 valence electrons. The van der Waals surface area contributed by atoms with Gasteiger partial charge in [0.25, 0.3) is 0 Å². The second kappa shape index (κ2) is 16.2. The van der Waals surface area contributed by atoms with E-state index >= 15 is 0 Å². The number of anilines is 1. The van der Waals surface area contributed by atoms with Gasteiger partial charge in [-0.15, -0.1) is 0 Å². The van der Waals surface area contributed by atoms with Crippen LogP contribution in [0.3, 0.4) is 0 Å². The summed E-state index contributed by atoms with van der Waals surface area (Å²) in [5.74, 6) is -4.17. The number of hydrogen-bond donors (Lipinski definition) is 5. The average molecular weight is 577 g/mol. The maximum atomic E-state index is 13.2. The Balaban J connectivity index is 0.000000745. The number of carboxylic acids is 2. The summed E-state index contributed by atoms with van der Waals surface area (Å²) in [6.07, 6.45) is -2.67. The van der Waals surface area contributed by atoms with E-state index in [4.69, 9.17) is 21.4 Å². The molecule has 0 spiro atoms. The summed E-state index contributed by atoms with van der Waals surface area (Å²) in [4.78, 5) is 35.9. The number of rotatable bonds is 13. The molecule has 0 saturated carbocycles. The van der Waals surface area contributed by atoms with E-state index < -0.39 is 30.2 Å². The third-order valence-electron chi connectivity index (χ3n) is 6.21. The van der Waals surface area contributed by atoms with Crippen molar-refractivity contribution in [2.24, 2.45) is 11.5 Å². The van der Waals surface area contributed by atoms with Crippen LogP contribution in [-0.4, -0.2) is 70.9 Å². The van der Waals surface area contributed by atoms with Crippen molar-refractivity contribution in [3.63, 3.8) is 0 Å². The lowest BCUT2D eigenvalue weighted by Crippen LogP contribution is -2.54. The Kier molecular flexibility index (Phi) is 13.0. The van der Waals surface area contributed by atoms with Gasteiger partial charge in [0.05, 0.1) is 6.04 Å². The molecule has 0 fully saturated rings. The van der Waals surface area contributed by atoms with Gasteiger partial charge in [0.15, 0.2) is 0 Å². The molecule has 41 heavy (non-hydrogen) atoms. The van der Waals surface area contributed by atoms with Gasteiger partial charge >= 0.3 is 18.1 Å². The lowest BCUT2D eigenvalue weighted by molar-refractivity contribution is -0.192. The Bertz CT molecular complexity index is 1270. The van der Waals surface area contributed by atoms with Crippen LogP contribution in [0, 0.1) is 0 Å². The number of carbonyl (C=O) groups is 3. The zero-order valence-corrected chi connectivity index (χ0v) is 22.4. The van der Waals surface area contributed by atoms with E-state index in [9.17, 15) is 27.9 Å². The highest BCUT2D eigenvalue weighted by molar-refractivity contribution is 5.94. The molecule has 1 amide bonds. The quantitative estimate of drug-likeness (QED) is 0.205. The van der Waals surface area contributed by atoms with Crippen LogP contribution in [-0.2, 0) is 20.8 Å². The van der Waals surface area contributed by atoms with Gasteiger partial charge in [-0.1, -0.05) is 66.7 Å². The van der Waals surface area contributed by atoms with Gasteiger partial charge in [-0.25, -0.2) is 9.59 Å². The molecule has 0 aromatic heterocycles. The smallest absolute Gasteiger partial charge is 0.480 e. The number of halogens is 3. The van der Waals surface area contributed by atoms with Crippen molar-refractivity contribution in [1.29, 1.82) is 0 Å². The molecule has 0 radical (unpaired) electrons. The number of nitrogens with one attached hydrogen (secondary N) is 1. The second-order valence-electron chi connectivity index (χ2n) is 9.22. The van der Waals surface area contributed by atoms with Crippen molar-refractivity contribution in [3.8, 4) is 0 Å². The molecule has 0 saturated heterocycles. The number of aryl methyl sites for hydroxylation is 1. The molecule has 0 bridgehead atoms. The first kappa shape index (κ1) is 33.0. The molecule has 7 N–H and O–H groups in total. The standard InChI is InChI=1S/C27H34N4O3.C2HF3O2/c28-17-7-15-23(29)26(32)31(18-8-11-20-9-2-1-3-10-20)25(27(33)34)19-30-24-16-6-13-21-12-4-5-14-22(21)24;3-2(4,5)1(6)7/h1-6,9-10,12-14,16,23,25,30H,7-8,11,15,17-19,28-29H2,(H,33,34);(H,6,7)/t23-,25-;/m0./s1. The van der Waals surface area contributed by atoms with Gasteiger partial charge in [-0.2, -0.15) is 13.2 Å². The summed E-state index contributed by atoms with van der Waals surface area (Å²) < 4.78 is 31.7. The van der Waals surface area contributed by atoms with Crippen LogP contribution in [0.2, 0.25) is 0 Å². The Hall–Kier alpha value is -4.16. The third kappa shape index (κ3) is 10.7. The first-order valence-corrected chi connectivity index (χ1v) is 13.0. The summed E-state index contributed by atoms with van der Waals surface area (Å²) in [6, 6.07) is 21.8. The zero-order valence-electron chi connectivity index (χ0n) is 22.4. The fourth-order valence-electron chi connectivity index (χ4n) is 4.11. The number of amides is 1. The number of hydrogen-bond acceptors (Lipinski definition) is 6. The molecule has 3 rings (SSSR count). The van der Waals surface area contributed by atoms with E-state index in [1.165, 1.54) is 4.90 Å². The summed E-state index contributed by atoms with van der Waals surface area (Å²) >= 11 is 0. The van der Waals surface area contributed by atoms with Crippen LogP contribution in [0.4, 0.5) is 18.9 Å². The number of nitrogens with two attached hydrogens (primary N) is 2. The van der Waals surface area contributed by atoms with Crippen LogP contribution in [0.15, 0.2) is 72.8 Å². The highest BCUT2D eigenvalue weighted by atomic mass is 19.4. The first-order chi connectivity index (χ1) is 19.5. The Morgan fingerprint density at radius 3 is 2.12 bits per heavy atom. The van der Waals surface area contributed by atoms with E-state index in [2.05, 4.69) is 5.32 Å². The number of benzene rings is 3. The minimum absolute atomic E-state index is 0.0734. The number of alkyl halides is 3. The van der Waals surface area contributed by atoms with Crippen molar-refractivity contribution in [1.82, 2.24) is 4.90 Å². The largest absolute Gasteiger partial charge is 0.490 e. The number of fused-ring (bicyclic) bond motifs is 1. The number of carbonyl (C=O) groups excluding carboxylic acids is 1. The molecule has 0 unspecified atom stereocenters. The lowest BCUT2D eigenvalue weighted by atomic mass is 10.1. The van der Waals surface area contributed by atoms with Gasteiger partial charge in [-0.3, -0.25) is 4.79 Å². The lowest BCUT2D eigenvalue weighted by Gasteiger charge is -2.32. The van der Waals surface area contributed by atoms with Crippen LogP contribution in [0.1, 0.15) is 24.8 Å². The molecule has 3 aromatic rings. The molecule has 9 nitrogen and oxygen atoms in total. The molecular weight excluding hydrogens is 541 g/mol. The second-order valence-corrected chi connectivity index (χ2v) is 9.22. The molecule has 0 aliphatic rings. The van der Waals surface area contributed by atoms with Gasteiger partial charge in [0.1, 0.15) is 6.04 Å². The SMILES string of the molecule is NCCC[C@H](N)C(=O)N(CCCc1ccccc1)[C@@H](CNc1cccc2ccccc12)C(=O)O.O=C(O)C(F)(F)F.